The van der Waals surface area contributed by atoms with E-state index in [0.717, 1.165) is 12.0 Å². The second-order valence-electron chi connectivity index (χ2n) is 4.51. The van der Waals surface area contributed by atoms with Crippen molar-refractivity contribution >= 4 is 10.0 Å². The maximum Gasteiger partial charge on any atom is 0.218 e. The maximum atomic E-state index is 12.2. The van der Waals surface area contributed by atoms with Crippen LogP contribution < -0.4 is 10.5 Å². The van der Waals surface area contributed by atoms with Crippen LogP contribution in [-0.4, -0.2) is 39.0 Å². The Morgan fingerprint density at radius 3 is 2.89 bits per heavy atom. The van der Waals surface area contributed by atoms with Gasteiger partial charge in [0.1, 0.15) is 5.75 Å². The van der Waals surface area contributed by atoms with Crippen molar-refractivity contribution in [1.82, 2.24) is 4.31 Å². The van der Waals surface area contributed by atoms with Gasteiger partial charge in [0.25, 0.3) is 0 Å². The minimum absolute atomic E-state index is 0.00306. The van der Waals surface area contributed by atoms with Crippen LogP contribution in [-0.2, 0) is 15.8 Å². The minimum Gasteiger partial charge on any atom is -0.497 e. The Kier molecular flexibility index (Phi) is 3.89. The first-order valence-corrected chi connectivity index (χ1v) is 7.48. The molecule has 0 saturated carbocycles. The van der Waals surface area contributed by atoms with Crippen molar-refractivity contribution in [1.29, 1.82) is 0 Å². The summed E-state index contributed by atoms with van der Waals surface area (Å²) in [7, 11) is -1.71. The van der Waals surface area contributed by atoms with Gasteiger partial charge >= 0.3 is 0 Å². The molecular weight excluding hydrogens is 252 g/mol. The molecule has 100 valence electrons. The largest absolute Gasteiger partial charge is 0.497 e. The molecule has 1 atom stereocenters. The Hall–Kier alpha value is -1.11. The van der Waals surface area contributed by atoms with E-state index in [-0.39, 0.29) is 11.8 Å². The van der Waals surface area contributed by atoms with Crippen molar-refractivity contribution < 1.29 is 13.2 Å². The van der Waals surface area contributed by atoms with Gasteiger partial charge in [-0.2, -0.15) is 0 Å². The zero-order chi connectivity index (χ0) is 13.2. The lowest BCUT2D eigenvalue weighted by Gasteiger charge is -2.16. The fraction of sp³-hybridized carbons (Fsp3) is 0.500. The highest BCUT2D eigenvalue weighted by molar-refractivity contribution is 7.88. The fourth-order valence-corrected chi connectivity index (χ4v) is 3.66. The standard InChI is InChI=1S/C12H18N2O3S/c1-17-12-4-2-3-10(7-12)9-18(15,16)14-6-5-11(13)8-14/h2-4,7,11H,5-6,8-9,13H2,1H3/t11-/m1/s1. The summed E-state index contributed by atoms with van der Waals surface area (Å²) >= 11 is 0. The molecule has 6 heteroatoms. The fourth-order valence-electron chi connectivity index (χ4n) is 2.07. The number of hydrogen-bond acceptors (Lipinski definition) is 4. The molecule has 1 fully saturated rings. The molecule has 1 heterocycles. The predicted octanol–water partition coefficient (Wildman–Crippen LogP) is 0.558. The van der Waals surface area contributed by atoms with Gasteiger partial charge in [-0.3, -0.25) is 0 Å². The number of nitrogens with zero attached hydrogens (tertiary/aromatic N) is 1. The van der Waals surface area contributed by atoms with Crippen LogP contribution in [0.1, 0.15) is 12.0 Å². The van der Waals surface area contributed by atoms with Gasteiger partial charge in [-0.25, -0.2) is 12.7 Å². The Morgan fingerprint density at radius 2 is 2.28 bits per heavy atom. The highest BCUT2D eigenvalue weighted by Crippen LogP contribution is 2.19. The second-order valence-corrected chi connectivity index (χ2v) is 6.48. The number of sulfonamides is 1. The number of methoxy groups -OCH3 is 1. The first kappa shape index (κ1) is 13.3. The molecule has 2 rings (SSSR count). The molecule has 0 aromatic heterocycles. The average molecular weight is 270 g/mol. The van der Waals surface area contributed by atoms with Gasteiger partial charge < -0.3 is 10.5 Å². The SMILES string of the molecule is COc1cccc(CS(=O)(=O)N2CC[C@@H](N)C2)c1. The molecule has 1 aliphatic heterocycles. The first-order chi connectivity index (χ1) is 8.51. The molecule has 5 nitrogen and oxygen atoms in total. The van der Waals surface area contributed by atoms with Crippen molar-refractivity contribution in [3.63, 3.8) is 0 Å². The van der Waals surface area contributed by atoms with E-state index in [4.69, 9.17) is 10.5 Å². The Morgan fingerprint density at radius 1 is 1.50 bits per heavy atom. The van der Waals surface area contributed by atoms with Crippen LogP contribution in [0.2, 0.25) is 0 Å². The molecule has 0 unspecified atom stereocenters. The van der Waals surface area contributed by atoms with E-state index in [0.29, 0.717) is 18.8 Å². The van der Waals surface area contributed by atoms with Crippen LogP contribution in [0.25, 0.3) is 0 Å². The van der Waals surface area contributed by atoms with Gasteiger partial charge in [0, 0.05) is 19.1 Å². The minimum atomic E-state index is -3.27. The van der Waals surface area contributed by atoms with Gasteiger partial charge in [-0.15, -0.1) is 0 Å². The van der Waals surface area contributed by atoms with E-state index in [9.17, 15) is 8.42 Å². The van der Waals surface area contributed by atoms with Crippen LogP contribution in [0, 0.1) is 0 Å². The normalized spacial score (nSPS) is 21.1. The van der Waals surface area contributed by atoms with Crippen LogP contribution in [0.4, 0.5) is 0 Å². The molecule has 0 bridgehead atoms. The summed E-state index contributed by atoms with van der Waals surface area (Å²) in [4.78, 5) is 0. The molecule has 0 amide bonds. The Labute approximate surface area is 108 Å². The molecule has 1 aromatic rings. The molecule has 1 saturated heterocycles. The van der Waals surface area contributed by atoms with E-state index in [1.165, 1.54) is 4.31 Å². The van der Waals surface area contributed by atoms with E-state index in [1.807, 2.05) is 0 Å². The molecular formula is C12H18N2O3S. The monoisotopic (exact) mass is 270 g/mol. The van der Waals surface area contributed by atoms with Crippen molar-refractivity contribution in [3.05, 3.63) is 29.8 Å². The van der Waals surface area contributed by atoms with Crippen LogP contribution >= 0.6 is 0 Å². The summed E-state index contributed by atoms with van der Waals surface area (Å²) < 4.78 is 30.9. The smallest absolute Gasteiger partial charge is 0.218 e. The highest BCUT2D eigenvalue weighted by atomic mass is 32.2. The molecule has 0 aliphatic carbocycles. The molecule has 1 aliphatic rings. The number of hydrogen-bond donors (Lipinski definition) is 1. The maximum absolute atomic E-state index is 12.2. The summed E-state index contributed by atoms with van der Waals surface area (Å²) in [5.41, 5.74) is 6.47. The second kappa shape index (κ2) is 5.26. The zero-order valence-corrected chi connectivity index (χ0v) is 11.2. The number of ether oxygens (including phenoxy) is 1. The average Bonchev–Trinajstić information content (AvgIpc) is 2.76. The predicted molar refractivity (Wildman–Crippen MR) is 69.8 cm³/mol. The van der Waals surface area contributed by atoms with Gasteiger partial charge in [0.05, 0.1) is 12.9 Å². The third-order valence-corrected chi connectivity index (χ3v) is 4.88. The topological polar surface area (TPSA) is 72.6 Å². The van der Waals surface area contributed by atoms with Gasteiger partial charge in [-0.1, -0.05) is 12.1 Å². The summed E-state index contributed by atoms with van der Waals surface area (Å²) in [6.45, 7) is 0.944. The lowest BCUT2D eigenvalue weighted by atomic mass is 10.2. The quantitative estimate of drug-likeness (QED) is 0.867. The van der Waals surface area contributed by atoms with Crippen molar-refractivity contribution in [2.24, 2.45) is 5.73 Å². The molecule has 1 aromatic carbocycles. The summed E-state index contributed by atoms with van der Waals surface area (Å²) in [5.74, 6) is 0.664. The number of rotatable bonds is 4. The summed E-state index contributed by atoms with van der Waals surface area (Å²) in [5, 5.41) is 0. The van der Waals surface area contributed by atoms with Crippen molar-refractivity contribution in [2.75, 3.05) is 20.2 Å². The molecule has 0 radical (unpaired) electrons. The van der Waals surface area contributed by atoms with E-state index < -0.39 is 10.0 Å². The Balaban J connectivity index is 2.12. The van der Waals surface area contributed by atoms with Gasteiger partial charge in [0.15, 0.2) is 0 Å². The molecule has 0 spiro atoms. The van der Waals surface area contributed by atoms with Gasteiger partial charge in [0.2, 0.25) is 10.0 Å². The number of benzene rings is 1. The van der Waals surface area contributed by atoms with Gasteiger partial charge in [-0.05, 0) is 24.1 Å². The van der Waals surface area contributed by atoms with E-state index >= 15 is 0 Å². The number of nitrogens with two attached hydrogens (primary N) is 1. The van der Waals surface area contributed by atoms with Crippen LogP contribution in [0.5, 0.6) is 5.75 Å². The van der Waals surface area contributed by atoms with Crippen LogP contribution in [0.3, 0.4) is 0 Å². The highest BCUT2D eigenvalue weighted by Gasteiger charge is 2.29. The summed E-state index contributed by atoms with van der Waals surface area (Å²) in [6.07, 6.45) is 0.733. The van der Waals surface area contributed by atoms with Crippen molar-refractivity contribution in [3.8, 4) is 5.75 Å². The molecule has 18 heavy (non-hydrogen) atoms. The van der Waals surface area contributed by atoms with E-state index in [2.05, 4.69) is 0 Å². The summed E-state index contributed by atoms with van der Waals surface area (Å²) in [6, 6.07) is 7.08. The lowest BCUT2D eigenvalue weighted by molar-refractivity contribution is 0.414. The van der Waals surface area contributed by atoms with Crippen LogP contribution in [0.15, 0.2) is 24.3 Å². The third-order valence-electron chi connectivity index (χ3n) is 3.06. The van der Waals surface area contributed by atoms with E-state index in [1.54, 1.807) is 31.4 Å². The molecule has 2 N–H and O–H groups in total. The third kappa shape index (κ3) is 3.01. The van der Waals surface area contributed by atoms with Crippen molar-refractivity contribution in [2.45, 2.75) is 18.2 Å². The zero-order valence-electron chi connectivity index (χ0n) is 10.4. The lowest BCUT2D eigenvalue weighted by Crippen LogP contribution is -2.32. The first-order valence-electron chi connectivity index (χ1n) is 5.87. The Bertz CT molecular complexity index is 516.